The number of phenolic OH excluding ortho intramolecular Hbond substituents is 1. The lowest BCUT2D eigenvalue weighted by molar-refractivity contribution is -0.115. The van der Waals surface area contributed by atoms with Gasteiger partial charge in [-0.2, -0.15) is 0 Å². The van der Waals surface area contributed by atoms with Gasteiger partial charge >= 0.3 is 0 Å². The molecular formula is C10H13NO4S. The molecule has 0 aromatic heterocycles. The number of carbonyl (C=O) groups excluding carboxylic acids is 1. The van der Waals surface area contributed by atoms with Crippen LogP contribution < -0.4 is 4.90 Å². The van der Waals surface area contributed by atoms with Gasteiger partial charge < -0.3 is 10.0 Å². The minimum absolute atomic E-state index is 0.0905. The molecule has 0 fully saturated rings. The lowest BCUT2D eigenvalue weighted by Crippen LogP contribution is -2.31. The highest BCUT2D eigenvalue weighted by molar-refractivity contribution is 7.91. The largest absolute Gasteiger partial charge is 0.508 e. The number of aromatic hydroxyl groups is 1. The maximum absolute atomic E-state index is 11.5. The molecule has 0 heterocycles. The first-order valence-corrected chi connectivity index (χ1v) is 6.59. The van der Waals surface area contributed by atoms with Crippen LogP contribution in [0.3, 0.4) is 0 Å². The zero-order chi connectivity index (χ0) is 12.3. The number of sulfone groups is 1. The standard InChI is InChI=1S/C10H13NO4S/c1-11(10(13)7-16(2,14)15)8-3-5-9(12)6-4-8/h3-6,12H,7H2,1-2H3. The molecule has 0 aliphatic rings. The molecule has 0 spiro atoms. The van der Waals surface area contributed by atoms with E-state index in [1.54, 1.807) is 0 Å². The fourth-order valence-electron chi connectivity index (χ4n) is 1.14. The normalized spacial score (nSPS) is 11.1. The SMILES string of the molecule is CN(C(=O)CS(C)(=O)=O)c1ccc(O)cc1. The van der Waals surface area contributed by atoms with Gasteiger partial charge in [-0.3, -0.25) is 4.79 Å². The van der Waals surface area contributed by atoms with E-state index in [1.165, 1.54) is 36.2 Å². The van der Waals surface area contributed by atoms with Crippen molar-refractivity contribution in [2.45, 2.75) is 0 Å². The molecule has 0 atom stereocenters. The second-order valence-electron chi connectivity index (χ2n) is 3.54. The molecule has 1 rings (SSSR count). The van der Waals surface area contributed by atoms with E-state index in [-0.39, 0.29) is 5.75 Å². The second kappa shape index (κ2) is 4.52. The first-order chi connectivity index (χ1) is 7.29. The van der Waals surface area contributed by atoms with E-state index in [2.05, 4.69) is 0 Å². The fourth-order valence-corrected chi connectivity index (χ4v) is 1.78. The quantitative estimate of drug-likeness (QED) is 0.833. The third-order valence-electron chi connectivity index (χ3n) is 2.00. The Kier molecular flexibility index (Phi) is 3.54. The van der Waals surface area contributed by atoms with E-state index < -0.39 is 21.5 Å². The zero-order valence-corrected chi connectivity index (χ0v) is 9.86. The maximum Gasteiger partial charge on any atom is 0.241 e. The molecule has 1 amide bonds. The van der Waals surface area contributed by atoms with E-state index >= 15 is 0 Å². The summed E-state index contributed by atoms with van der Waals surface area (Å²) in [5.74, 6) is -0.939. The van der Waals surface area contributed by atoms with E-state index in [9.17, 15) is 13.2 Å². The average Bonchev–Trinajstić information content (AvgIpc) is 2.15. The molecule has 0 aliphatic heterocycles. The van der Waals surface area contributed by atoms with Crippen LogP contribution in [0.4, 0.5) is 5.69 Å². The topological polar surface area (TPSA) is 74.7 Å². The number of anilines is 1. The lowest BCUT2D eigenvalue weighted by Gasteiger charge is -2.16. The summed E-state index contributed by atoms with van der Waals surface area (Å²) in [5.41, 5.74) is 0.534. The summed E-state index contributed by atoms with van der Waals surface area (Å²) < 4.78 is 21.9. The number of phenols is 1. The molecule has 0 saturated carbocycles. The van der Waals surface area contributed by atoms with Gasteiger partial charge in [0.2, 0.25) is 5.91 Å². The average molecular weight is 243 g/mol. The van der Waals surface area contributed by atoms with Gasteiger partial charge in [0.15, 0.2) is 9.84 Å². The first kappa shape index (κ1) is 12.5. The third kappa shape index (κ3) is 3.54. The third-order valence-corrected chi connectivity index (χ3v) is 2.77. The van der Waals surface area contributed by atoms with Crippen molar-refractivity contribution in [2.24, 2.45) is 0 Å². The Labute approximate surface area is 94.2 Å². The van der Waals surface area contributed by atoms with Crippen molar-refractivity contribution in [3.8, 4) is 5.75 Å². The predicted molar refractivity (Wildman–Crippen MR) is 61.2 cm³/mol. The van der Waals surface area contributed by atoms with Crippen molar-refractivity contribution in [3.63, 3.8) is 0 Å². The Morgan fingerprint density at radius 3 is 2.25 bits per heavy atom. The van der Waals surface area contributed by atoms with Crippen molar-refractivity contribution in [2.75, 3.05) is 24.0 Å². The zero-order valence-electron chi connectivity index (χ0n) is 9.04. The van der Waals surface area contributed by atoms with E-state index in [0.29, 0.717) is 5.69 Å². The number of nitrogens with zero attached hydrogens (tertiary/aromatic N) is 1. The fraction of sp³-hybridized carbons (Fsp3) is 0.300. The summed E-state index contributed by atoms with van der Waals surface area (Å²) >= 11 is 0. The Morgan fingerprint density at radius 1 is 1.31 bits per heavy atom. The van der Waals surface area contributed by atoms with Gasteiger partial charge in [0.05, 0.1) is 0 Å². The van der Waals surface area contributed by atoms with Crippen LogP contribution >= 0.6 is 0 Å². The number of hydrogen-bond acceptors (Lipinski definition) is 4. The number of carbonyl (C=O) groups is 1. The highest BCUT2D eigenvalue weighted by Gasteiger charge is 2.16. The molecular weight excluding hydrogens is 230 g/mol. The van der Waals surface area contributed by atoms with Gasteiger partial charge in [-0.15, -0.1) is 0 Å². The first-order valence-electron chi connectivity index (χ1n) is 4.53. The molecule has 5 nitrogen and oxygen atoms in total. The Bertz CT molecular complexity index is 478. The Hall–Kier alpha value is -1.56. The van der Waals surface area contributed by atoms with Gasteiger partial charge in [0.25, 0.3) is 0 Å². The number of benzene rings is 1. The smallest absolute Gasteiger partial charge is 0.241 e. The van der Waals surface area contributed by atoms with Crippen LogP contribution in [-0.2, 0) is 14.6 Å². The summed E-state index contributed by atoms with van der Waals surface area (Å²) in [5, 5.41) is 9.06. The van der Waals surface area contributed by atoms with Crippen LogP contribution in [0.25, 0.3) is 0 Å². The molecule has 1 aromatic carbocycles. The molecule has 0 unspecified atom stereocenters. The van der Waals surface area contributed by atoms with Gasteiger partial charge in [0.1, 0.15) is 11.5 Å². The van der Waals surface area contributed by atoms with Crippen LogP contribution in [0, 0.1) is 0 Å². The van der Waals surface area contributed by atoms with Crippen LogP contribution in [-0.4, -0.2) is 38.5 Å². The second-order valence-corrected chi connectivity index (χ2v) is 5.68. The summed E-state index contributed by atoms with van der Waals surface area (Å²) in [6.45, 7) is 0. The van der Waals surface area contributed by atoms with E-state index in [1.807, 2.05) is 0 Å². The molecule has 6 heteroatoms. The van der Waals surface area contributed by atoms with Crippen LogP contribution in [0.15, 0.2) is 24.3 Å². The molecule has 16 heavy (non-hydrogen) atoms. The van der Waals surface area contributed by atoms with Crippen molar-refractivity contribution in [3.05, 3.63) is 24.3 Å². The van der Waals surface area contributed by atoms with Crippen LogP contribution in [0.1, 0.15) is 0 Å². The minimum Gasteiger partial charge on any atom is -0.508 e. The maximum atomic E-state index is 11.5. The molecule has 0 aliphatic carbocycles. The highest BCUT2D eigenvalue weighted by atomic mass is 32.2. The highest BCUT2D eigenvalue weighted by Crippen LogP contribution is 2.17. The summed E-state index contributed by atoms with van der Waals surface area (Å²) in [6.07, 6.45) is 1.01. The molecule has 1 N–H and O–H groups in total. The molecule has 88 valence electrons. The predicted octanol–water partition coefficient (Wildman–Crippen LogP) is 0.400. The molecule has 0 radical (unpaired) electrons. The minimum atomic E-state index is -3.33. The molecule has 1 aromatic rings. The number of rotatable bonds is 3. The monoisotopic (exact) mass is 243 g/mol. The van der Waals surface area contributed by atoms with Crippen molar-refractivity contribution < 1.29 is 18.3 Å². The van der Waals surface area contributed by atoms with Crippen LogP contribution in [0.2, 0.25) is 0 Å². The number of amides is 1. The van der Waals surface area contributed by atoms with Crippen molar-refractivity contribution in [1.82, 2.24) is 0 Å². The van der Waals surface area contributed by atoms with E-state index in [0.717, 1.165) is 6.26 Å². The van der Waals surface area contributed by atoms with E-state index in [4.69, 9.17) is 5.11 Å². The Morgan fingerprint density at radius 2 is 1.81 bits per heavy atom. The lowest BCUT2D eigenvalue weighted by atomic mass is 10.3. The van der Waals surface area contributed by atoms with Crippen molar-refractivity contribution in [1.29, 1.82) is 0 Å². The molecule has 0 bridgehead atoms. The van der Waals surface area contributed by atoms with Gasteiger partial charge in [-0.25, -0.2) is 8.42 Å². The molecule has 0 saturated heterocycles. The van der Waals surface area contributed by atoms with Crippen LogP contribution in [0.5, 0.6) is 5.75 Å². The van der Waals surface area contributed by atoms with Crippen molar-refractivity contribution >= 4 is 21.4 Å². The summed E-state index contributed by atoms with van der Waals surface area (Å²) in [7, 11) is -1.84. The van der Waals surface area contributed by atoms with Gasteiger partial charge in [0, 0.05) is 19.0 Å². The summed E-state index contributed by atoms with van der Waals surface area (Å²) in [4.78, 5) is 12.8. The van der Waals surface area contributed by atoms with Gasteiger partial charge in [-0.05, 0) is 24.3 Å². The number of hydrogen-bond donors (Lipinski definition) is 1. The van der Waals surface area contributed by atoms with Gasteiger partial charge in [-0.1, -0.05) is 0 Å². The Balaban J connectivity index is 2.82. The summed E-state index contributed by atoms with van der Waals surface area (Å²) in [6, 6.07) is 5.93.